The van der Waals surface area contributed by atoms with Crippen LogP contribution in [0.15, 0.2) is 24.3 Å². The monoisotopic (exact) mass is 352 g/mol. The standard InChI is InChI=1S/C14H21ClO4S2/c1-12(2,3)13(4,5)14(20(16)17,21(18)19)10-6-8-11(15)9-7-10/h6-9H,1-5H3,(H,16,17)(H,18,19). The van der Waals surface area contributed by atoms with Gasteiger partial charge in [-0.25, -0.2) is 8.42 Å². The Hall–Kier alpha value is -0.270. The molecular weight excluding hydrogens is 332 g/mol. The number of rotatable bonds is 4. The highest BCUT2D eigenvalue weighted by Crippen LogP contribution is 2.55. The van der Waals surface area contributed by atoms with Crippen LogP contribution in [-0.2, 0) is 26.2 Å². The Morgan fingerprint density at radius 2 is 1.29 bits per heavy atom. The van der Waals surface area contributed by atoms with Crippen LogP contribution in [0, 0.1) is 10.8 Å². The first kappa shape index (κ1) is 18.8. The van der Waals surface area contributed by atoms with Crippen molar-refractivity contribution in [2.75, 3.05) is 0 Å². The lowest BCUT2D eigenvalue weighted by Gasteiger charge is -2.49. The van der Waals surface area contributed by atoms with Crippen molar-refractivity contribution in [3.8, 4) is 0 Å². The average molecular weight is 353 g/mol. The fraction of sp³-hybridized carbons (Fsp3) is 0.571. The second-order valence-electron chi connectivity index (χ2n) is 6.50. The van der Waals surface area contributed by atoms with Crippen molar-refractivity contribution >= 4 is 33.8 Å². The van der Waals surface area contributed by atoms with E-state index in [0.29, 0.717) is 10.6 Å². The van der Waals surface area contributed by atoms with E-state index >= 15 is 0 Å². The van der Waals surface area contributed by atoms with Crippen LogP contribution in [0.25, 0.3) is 0 Å². The predicted octanol–water partition coefficient (Wildman–Crippen LogP) is 4.01. The van der Waals surface area contributed by atoms with Crippen LogP contribution in [0.4, 0.5) is 0 Å². The normalized spacial score (nSPS) is 18.9. The van der Waals surface area contributed by atoms with E-state index in [-0.39, 0.29) is 0 Å². The van der Waals surface area contributed by atoms with E-state index in [1.54, 1.807) is 26.0 Å². The van der Waals surface area contributed by atoms with Gasteiger partial charge < -0.3 is 9.11 Å². The zero-order valence-corrected chi connectivity index (χ0v) is 15.1. The van der Waals surface area contributed by atoms with Crippen molar-refractivity contribution in [3.05, 3.63) is 34.9 Å². The number of hydrogen-bond donors (Lipinski definition) is 2. The molecule has 0 saturated heterocycles. The third-order valence-corrected chi connectivity index (χ3v) is 8.00. The minimum Gasteiger partial charge on any atom is -0.305 e. The summed E-state index contributed by atoms with van der Waals surface area (Å²) in [5.41, 5.74) is -1.13. The molecule has 0 aromatic heterocycles. The molecule has 1 rings (SSSR count). The Kier molecular flexibility index (Phi) is 5.44. The second kappa shape index (κ2) is 6.08. The summed E-state index contributed by atoms with van der Waals surface area (Å²) in [5, 5.41) is 0.452. The molecule has 0 fully saturated rings. The van der Waals surface area contributed by atoms with Gasteiger partial charge in [-0.3, -0.25) is 0 Å². The van der Waals surface area contributed by atoms with Gasteiger partial charge in [0.1, 0.15) is 0 Å². The molecule has 0 heterocycles. The molecule has 7 heteroatoms. The lowest BCUT2D eigenvalue weighted by Crippen LogP contribution is -2.54. The molecule has 0 bridgehead atoms. The fourth-order valence-corrected chi connectivity index (χ4v) is 5.00. The maximum Gasteiger partial charge on any atom is 0.202 e. The summed E-state index contributed by atoms with van der Waals surface area (Å²) in [6.45, 7) is 9.07. The summed E-state index contributed by atoms with van der Waals surface area (Å²) in [7, 11) is 0. The van der Waals surface area contributed by atoms with Crippen molar-refractivity contribution in [2.24, 2.45) is 10.8 Å². The molecule has 0 radical (unpaired) electrons. The molecule has 2 N–H and O–H groups in total. The minimum atomic E-state index is -2.56. The van der Waals surface area contributed by atoms with Gasteiger partial charge in [0, 0.05) is 10.4 Å². The van der Waals surface area contributed by atoms with E-state index < -0.39 is 37.1 Å². The molecular formula is C14H21ClO4S2. The second-order valence-corrected chi connectivity index (χ2v) is 9.41. The summed E-state index contributed by atoms with van der Waals surface area (Å²) in [4.78, 5) is 0. The van der Waals surface area contributed by atoms with Gasteiger partial charge in [-0.1, -0.05) is 58.4 Å². The summed E-state index contributed by atoms with van der Waals surface area (Å²) in [6, 6.07) is 6.14. The van der Waals surface area contributed by atoms with Crippen LogP contribution in [0.3, 0.4) is 0 Å². The number of benzene rings is 1. The predicted molar refractivity (Wildman–Crippen MR) is 87.9 cm³/mol. The third kappa shape index (κ3) is 2.97. The first-order chi connectivity index (χ1) is 9.39. The van der Waals surface area contributed by atoms with Crippen LogP contribution in [0.2, 0.25) is 5.02 Å². The topological polar surface area (TPSA) is 74.6 Å². The lowest BCUT2D eigenvalue weighted by atomic mass is 9.65. The summed E-state index contributed by atoms with van der Waals surface area (Å²) < 4.78 is 42.4. The molecule has 1 aromatic carbocycles. The average Bonchev–Trinajstić information content (AvgIpc) is 2.29. The first-order valence-corrected chi connectivity index (χ1v) is 8.96. The molecule has 0 aliphatic rings. The van der Waals surface area contributed by atoms with Gasteiger partial charge in [0.15, 0.2) is 22.2 Å². The molecule has 0 aliphatic heterocycles. The Balaban J connectivity index is 3.77. The smallest absolute Gasteiger partial charge is 0.202 e. The molecule has 0 aliphatic carbocycles. The van der Waals surface area contributed by atoms with Gasteiger partial charge >= 0.3 is 0 Å². The maximum atomic E-state index is 12.2. The highest BCUT2D eigenvalue weighted by atomic mass is 35.5. The molecule has 120 valence electrons. The van der Waals surface area contributed by atoms with Crippen LogP contribution in [0.5, 0.6) is 0 Å². The van der Waals surface area contributed by atoms with Gasteiger partial charge in [-0.2, -0.15) is 0 Å². The van der Waals surface area contributed by atoms with Gasteiger partial charge in [0.2, 0.25) is 4.08 Å². The van der Waals surface area contributed by atoms with Gasteiger partial charge in [-0.15, -0.1) is 0 Å². The van der Waals surface area contributed by atoms with E-state index in [1.807, 2.05) is 20.8 Å². The Morgan fingerprint density at radius 1 is 0.905 bits per heavy atom. The SMILES string of the molecule is CC(C)(C)C(C)(C)C(c1ccc(Cl)cc1)(S(=O)O)S(=O)O. The Labute approximate surface area is 135 Å². The van der Waals surface area contributed by atoms with Crippen molar-refractivity contribution in [1.29, 1.82) is 0 Å². The summed E-state index contributed by atoms with van der Waals surface area (Å²) in [6.07, 6.45) is 0. The summed E-state index contributed by atoms with van der Waals surface area (Å²) in [5.74, 6) is 0. The van der Waals surface area contributed by atoms with E-state index in [1.165, 1.54) is 12.1 Å². The quantitative estimate of drug-likeness (QED) is 0.803. The molecule has 2 unspecified atom stereocenters. The largest absolute Gasteiger partial charge is 0.305 e. The molecule has 2 atom stereocenters. The third-order valence-electron chi connectivity index (χ3n) is 4.41. The Morgan fingerprint density at radius 3 is 1.57 bits per heavy atom. The zero-order chi connectivity index (χ0) is 16.6. The van der Waals surface area contributed by atoms with Crippen molar-refractivity contribution < 1.29 is 17.5 Å². The number of halogens is 1. The fourth-order valence-electron chi connectivity index (χ4n) is 2.22. The van der Waals surface area contributed by atoms with Gasteiger partial charge in [-0.05, 0) is 23.1 Å². The van der Waals surface area contributed by atoms with E-state index in [2.05, 4.69) is 0 Å². The molecule has 0 amide bonds. The molecule has 21 heavy (non-hydrogen) atoms. The highest BCUT2D eigenvalue weighted by molar-refractivity contribution is 7.98. The molecule has 1 aromatic rings. The van der Waals surface area contributed by atoms with Crippen molar-refractivity contribution in [2.45, 2.75) is 38.7 Å². The van der Waals surface area contributed by atoms with Crippen LogP contribution in [-0.4, -0.2) is 17.5 Å². The number of hydrogen-bond acceptors (Lipinski definition) is 2. The van der Waals surface area contributed by atoms with Crippen molar-refractivity contribution in [1.82, 2.24) is 0 Å². The van der Waals surface area contributed by atoms with Crippen LogP contribution >= 0.6 is 11.6 Å². The van der Waals surface area contributed by atoms with E-state index in [9.17, 15) is 17.5 Å². The van der Waals surface area contributed by atoms with Crippen molar-refractivity contribution in [3.63, 3.8) is 0 Å². The molecule has 0 saturated carbocycles. The van der Waals surface area contributed by atoms with E-state index in [0.717, 1.165) is 0 Å². The summed E-state index contributed by atoms with van der Waals surface area (Å²) >= 11 is 0.731. The molecule has 4 nitrogen and oxygen atoms in total. The van der Waals surface area contributed by atoms with Crippen LogP contribution in [0.1, 0.15) is 40.2 Å². The lowest BCUT2D eigenvalue weighted by molar-refractivity contribution is 0.104. The van der Waals surface area contributed by atoms with E-state index in [4.69, 9.17) is 11.6 Å². The minimum absolute atomic E-state index is 0.313. The maximum absolute atomic E-state index is 12.2. The highest BCUT2D eigenvalue weighted by Gasteiger charge is 2.61. The molecule has 0 spiro atoms. The Bertz CT molecular complexity index is 547. The van der Waals surface area contributed by atoms with Gasteiger partial charge in [0.05, 0.1) is 0 Å². The van der Waals surface area contributed by atoms with Crippen LogP contribution < -0.4 is 0 Å². The first-order valence-electron chi connectivity index (χ1n) is 6.37. The van der Waals surface area contributed by atoms with Gasteiger partial charge in [0.25, 0.3) is 0 Å². The zero-order valence-electron chi connectivity index (χ0n) is 12.7.